The van der Waals surface area contributed by atoms with Crippen molar-refractivity contribution in [3.63, 3.8) is 0 Å². The normalized spacial score (nSPS) is 30.4. The van der Waals surface area contributed by atoms with Crippen molar-refractivity contribution in [2.45, 2.75) is 160 Å². The van der Waals surface area contributed by atoms with Crippen LogP contribution in [0.3, 0.4) is 0 Å². The molecule has 0 bridgehead atoms. The molecule has 12 nitrogen and oxygen atoms in total. The summed E-state index contributed by atoms with van der Waals surface area (Å²) >= 11 is 0. The molecule has 50 heavy (non-hydrogen) atoms. The predicted octanol–water partition coefficient (Wildman–Crippen LogP) is 3.62. The molecule has 5 rings (SSSR count). The Balaban J connectivity index is 1.36. The molecule has 1 heterocycles. The molecule has 0 aromatic carbocycles. The van der Waals surface area contributed by atoms with Gasteiger partial charge in [-0.3, -0.25) is 19.2 Å². The molecule has 0 spiro atoms. The molecule has 4 N–H and O–H groups in total. The van der Waals surface area contributed by atoms with Crippen molar-refractivity contribution in [3.8, 4) is 0 Å². The number of hydrogen-bond donors (Lipinski definition) is 4. The predicted molar refractivity (Wildman–Crippen MR) is 191 cm³/mol. The van der Waals surface area contributed by atoms with Crippen LogP contribution in [-0.2, 0) is 29.0 Å². The van der Waals surface area contributed by atoms with E-state index in [2.05, 4.69) is 35.1 Å². The Morgan fingerprint density at radius 3 is 2.08 bits per heavy atom. The maximum Gasteiger partial charge on any atom is 0.315 e. The van der Waals surface area contributed by atoms with E-state index in [-0.39, 0.29) is 35.0 Å². The lowest BCUT2D eigenvalue weighted by Gasteiger charge is -2.41. The molecule has 4 saturated carbocycles. The number of Topliss-reactive ketones (excluding diaryl/α,β-unsaturated/α-hetero) is 1. The van der Waals surface area contributed by atoms with E-state index >= 15 is 0 Å². The number of sulfone groups is 1. The molecule has 1 aliphatic heterocycles. The zero-order chi connectivity index (χ0) is 37.2. The number of carbonyl (C=O) groups is 5. The van der Waals surface area contributed by atoms with Gasteiger partial charge < -0.3 is 26.2 Å². The van der Waals surface area contributed by atoms with Crippen LogP contribution in [0, 0.1) is 28.6 Å². The fourth-order valence-electron chi connectivity index (χ4n) is 8.64. The average Bonchev–Trinajstić information content (AvgIpc) is 3.94. The lowest BCUT2D eigenvalue weighted by Crippen LogP contribution is -2.64. The van der Waals surface area contributed by atoms with Crippen LogP contribution >= 0.6 is 0 Å². The zero-order valence-corrected chi connectivity index (χ0v) is 32.5. The van der Waals surface area contributed by atoms with Gasteiger partial charge in [0.05, 0.1) is 16.0 Å². The highest BCUT2D eigenvalue weighted by Crippen LogP contribution is 2.65. The standard InChI is InChI=1S/C37H61N5O7S/c1-10-14-22-19-37(22,28(43)30(45)38-23-15-16-23)40-29(44)26-25-24(35(25,8)9)20-42(26)31(46)27(33(2,3)4)39-32(47)41-36(17-12-11-13-18-36)21-50(48,49)34(5,6)7/h22-27H,10-21H2,1-9H3,(H,38,45)(H,40,44)(H2,39,41,47)/t22?,24?,25?,26-,27+,37?/m0/s1. The van der Waals surface area contributed by atoms with E-state index < -0.39 is 72.7 Å². The van der Waals surface area contributed by atoms with Crippen molar-refractivity contribution in [1.82, 2.24) is 26.2 Å². The minimum Gasteiger partial charge on any atom is -0.347 e. The van der Waals surface area contributed by atoms with Crippen molar-refractivity contribution in [2.24, 2.45) is 28.6 Å². The van der Waals surface area contributed by atoms with Gasteiger partial charge >= 0.3 is 6.03 Å². The number of likely N-dealkylation sites (tertiary alicyclic amines) is 1. The molecule has 4 aliphatic carbocycles. The summed E-state index contributed by atoms with van der Waals surface area (Å²) in [7, 11) is -3.56. The number of ketones is 1. The summed E-state index contributed by atoms with van der Waals surface area (Å²) in [5, 5.41) is 11.7. The van der Waals surface area contributed by atoms with Gasteiger partial charge in [-0.15, -0.1) is 0 Å². The third-order valence-corrected chi connectivity index (χ3v) is 15.1. The lowest BCUT2D eigenvalue weighted by molar-refractivity contribution is -0.146. The van der Waals surface area contributed by atoms with Crippen molar-refractivity contribution in [1.29, 1.82) is 0 Å². The lowest BCUT2D eigenvalue weighted by atomic mass is 9.83. The molecular weight excluding hydrogens is 659 g/mol. The number of piperidine rings is 1. The van der Waals surface area contributed by atoms with Crippen LogP contribution in [-0.4, -0.2) is 89.1 Å². The highest BCUT2D eigenvalue weighted by Gasteiger charge is 2.71. The number of urea groups is 1. The van der Waals surface area contributed by atoms with E-state index in [1.54, 1.807) is 25.7 Å². The summed E-state index contributed by atoms with van der Waals surface area (Å²) in [4.78, 5) is 70.7. The highest BCUT2D eigenvalue weighted by atomic mass is 32.2. The van der Waals surface area contributed by atoms with Crippen molar-refractivity contribution >= 4 is 39.4 Å². The second-order valence-electron chi connectivity index (χ2n) is 18.7. The van der Waals surface area contributed by atoms with Gasteiger partial charge in [-0.25, -0.2) is 13.2 Å². The van der Waals surface area contributed by atoms with Crippen molar-refractivity contribution in [2.75, 3.05) is 12.3 Å². The molecule has 282 valence electrons. The molecule has 0 aromatic heterocycles. The van der Waals surface area contributed by atoms with Crippen LogP contribution in [0.15, 0.2) is 0 Å². The SMILES string of the molecule is CCCC1CC1(NC(=O)[C@@H]1C2C(CN1C(=O)[C@@H](NC(=O)NC1(CS(=O)(=O)C(C)(C)C)CCCCC1)C(C)(C)C)C2(C)C)C(=O)C(=O)NC1CC1. The monoisotopic (exact) mass is 719 g/mol. The fraction of sp³-hybridized carbons (Fsp3) is 0.865. The molecule has 0 aromatic rings. The van der Waals surface area contributed by atoms with Crippen LogP contribution in [0.4, 0.5) is 4.79 Å². The van der Waals surface area contributed by atoms with E-state index in [1.807, 2.05) is 27.7 Å². The Kier molecular flexibility index (Phi) is 10.1. The Bertz CT molecular complexity index is 1500. The third-order valence-electron chi connectivity index (χ3n) is 12.3. The first-order chi connectivity index (χ1) is 23.0. The van der Waals surface area contributed by atoms with Crippen LogP contribution in [0.5, 0.6) is 0 Å². The molecule has 0 radical (unpaired) electrons. The van der Waals surface area contributed by atoms with E-state index in [1.165, 1.54) is 0 Å². The number of amides is 5. The molecule has 5 aliphatic rings. The molecule has 6 atom stereocenters. The number of fused-ring (bicyclic) bond motifs is 1. The minimum absolute atomic E-state index is 0.00783. The second kappa shape index (κ2) is 13.1. The summed E-state index contributed by atoms with van der Waals surface area (Å²) in [5.74, 6) is -2.51. The van der Waals surface area contributed by atoms with E-state index in [4.69, 9.17) is 0 Å². The minimum atomic E-state index is -3.56. The first-order valence-corrected chi connectivity index (χ1v) is 20.4. The molecule has 13 heteroatoms. The van der Waals surface area contributed by atoms with Crippen LogP contribution in [0.25, 0.3) is 0 Å². The summed E-state index contributed by atoms with van der Waals surface area (Å²) in [6, 6.07) is -2.49. The smallest absolute Gasteiger partial charge is 0.315 e. The van der Waals surface area contributed by atoms with Gasteiger partial charge in [0.1, 0.15) is 17.6 Å². The Morgan fingerprint density at radius 2 is 1.54 bits per heavy atom. The largest absolute Gasteiger partial charge is 0.347 e. The second-order valence-corrected chi connectivity index (χ2v) is 21.5. The van der Waals surface area contributed by atoms with E-state index in [0.717, 1.165) is 38.5 Å². The van der Waals surface area contributed by atoms with Gasteiger partial charge in [0.25, 0.3) is 5.91 Å². The van der Waals surface area contributed by atoms with Crippen molar-refractivity contribution < 1.29 is 32.4 Å². The van der Waals surface area contributed by atoms with Crippen LogP contribution < -0.4 is 21.3 Å². The first-order valence-electron chi connectivity index (χ1n) is 18.8. The van der Waals surface area contributed by atoms with E-state index in [0.29, 0.717) is 32.2 Å². The molecule has 5 fully saturated rings. The number of rotatable bonds is 12. The number of carbonyl (C=O) groups excluding carboxylic acids is 5. The van der Waals surface area contributed by atoms with Gasteiger partial charge in [-0.1, -0.05) is 67.2 Å². The Labute approximate surface area is 298 Å². The maximum atomic E-state index is 14.5. The van der Waals surface area contributed by atoms with Crippen LogP contribution in [0.1, 0.15) is 127 Å². The van der Waals surface area contributed by atoms with Gasteiger partial charge in [0.15, 0.2) is 9.84 Å². The maximum absolute atomic E-state index is 14.5. The first kappa shape index (κ1) is 38.5. The molecular formula is C37H61N5O7S. The highest BCUT2D eigenvalue weighted by molar-refractivity contribution is 7.92. The van der Waals surface area contributed by atoms with Gasteiger partial charge in [0, 0.05) is 12.6 Å². The number of hydrogen-bond acceptors (Lipinski definition) is 7. The average molecular weight is 720 g/mol. The molecule has 5 amide bonds. The summed E-state index contributed by atoms with van der Waals surface area (Å²) in [6.07, 6.45) is 7.14. The third kappa shape index (κ3) is 7.44. The van der Waals surface area contributed by atoms with Crippen LogP contribution in [0.2, 0.25) is 0 Å². The van der Waals surface area contributed by atoms with E-state index in [9.17, 15) is 32.4 Å². The Hall–Kier alpha value is -2.70. The van der Waals surface area contributed by atoms with Crippen molar-refractivity contribution in [3.05, 3.63) is 0 Å². The van der Waals surface area contributed by atoms with Gasteiger partial charge in [-0.2, -0.15) is 0 Å². The fourth-order valence-corrected chi connectivity index (χ4v) is 10.2. The molecule has 4 unspecified atom stereocenters. The summed E-state index contributed by atoms with van der Waals surface area (Å²) in [6.45, 7) is 17.0. The number of nitrogens with zero attached hydrogens (tertiary/aromatic N) is 1. The summed E-state index contributed by atoms with van der Waals surface area (Å²) < 4.78 is 25.7. The topological polar surface area (TPSA) is 171 Å². The number of nitrogens with one attached hydrogen (secondary N) is 4. The van der Waals surface area contributed by atoms with Gasteiger partial charge in [0.2, 0.25) is 17.6 Å². The quantitative estimate of drug-likeness (QED) is 0.223. The Morgan fingerprint density at radius 1 is 0.920 bits per heavy atom. The molecule has 1 saturated heterocycles. The van der Waals surface area contributed by atoms with Gasteiger partial charge in [-0.05, 0) is 87.9 Å². The summed E-state index contributed by atoms with van der Waals surface area (Å²) in [5.41, 5.74) is -3.18. The zero-order valence-electron chi connectivity index (χ0n) is 31.7.